The summed E-state index contributed by atoms with van der Waals surface area (Å²) in [4.78, 5) is 9.73. The number of rotatable bonds is 18. The predicted molar refractivity (Wildman–Crippen MR) is 136 cm³/mol. The highest BCUT2D eigenvalue weighted by molar-refractivity contribution is 7.99. The zero-order valence-electron chi connectivity index (χ0n) is 19.7. The molecular formula is C24H43N3OS2. The van der Waals surface area contributed by atoms with Crippen LogP contribution in [0.4, 0.5) is 5.69 Å². The molecule has 1 aromatic heterocycles. The first-order valence-corrected chi connectivity index (χ1v) is 13.5. The fourth-order valence-electron chi connectivity index (χ4n) is 3.57. The van der Waals surface area contributed by atoms with E-state index >= 15 is 0 Å². The van der Waals surface area contributed by atoms with Crippen molar-refractivity contribution in [1.82, 2.24) is 9.97 Å². The number of hydrogen-bond donors (Lipinski definition) is 1. The number of thiocarbonyl (C=S) groups is 1. The Bertz CT molecular complexity index is 559. The summed E-state index contributed by atoms with van der Waals surface area (Å²) in [7, 11) is 0. The van der Waals surface area contributed by atoms with E-state index in [1.807, 2.05) is 6.92 Å². The summed E-state index contributed by atoms with van der Waals surface area (Å²) in [5.41, 5.74) is 0.845. The van der Waals surface area contributed by atoms with Crippen LogP contribution in [-0.2, 0) is 0 Å². The summed E-state index contributed by atoms with van der Waals surface area (Å²) in [6, 6.07) is 0. The lowest BCUT2D eigenvalue weighted by Gasteiger charge is -2.21. The minimum absolute atomic E-state index is 0.414. The van der Waals surface area contributed by atoms with Crippen molar-refractivity contribution in [3.05, 3.63) is 6.33 Å². The monoisotopic (exact) mass is 453 g/mol. The second kappa shape index (κ2) is 17.8. The van der Waals surface area contributed by atoms with E-state index in [4.69, 9.17) is 17.0 Å². The maximum absolute atomic E-state index is 5.91. The molecule has 30 heavy (non-hydrogen) atoms. The molecule has 1 heterocycles. The Labute approximate surface area is 194 Å². The lowest BCUT2D eigenvalue weighted by molar-refractivity contribution is 0.327. The van der Waals surface area contributed by atoms with E-state index in [1.54, 1.807) is 18.1 Å². The molecule has 0 spiro atoms. The summed E-state index contributed by atoms with van der Waals surface area (Å²) in [6.45, 7) is 9.21. The van der Waals surface area contributed by atoms with Gasteiger partial charge in [-0.05, 0) is 25.5 Å². The number of anilines is 1. The molecule has 0 aromatic carbocycles. The van der Waals surface area contributed by atoms with Gasteiger partial charge < -0.3 is 10.1 Å². The van der Waals surface area contributed by atoms with Crippen LogP contribution in [0.25, 0.3) is 0 Å². The normalized spacial score (nSPS) is 12.0. The van der Waals surface area contributed by atoms with Crippen LogP contribution in [0.15, 0.2) is 11.4 Å². The Balaban J connectivity index is 2.78. The van der Waals surface area contributed by atoms with Crippen LogP contribution in [0.3, 0.4) is 0 Å². The largest absolute Gasteiger partial charge is 0.476 e. The molecule has 0 saturated carbocycles. The van der Waals surface area contributed by atoms with Gasteiger partial charge in [-0.15, -0.1) is 11.8 Å². The maximum Gasteiger partial charge on any atom is 0.242 e. The molecule has 0 fully saturated rings. The van der Waals surface area contributed by atoms with E-state index in [9.17, 15) is 0 Å². The average Bonchev–Trinajstić information content (AvgIpc) is 2.74. The molecule has 0 aliphatic heterocycles. The lowest BCUT2D eigenvalue weighted by Crippen LogP contribution is -2.22. The first kappa shape index (κ1) is 27.2. The van der Waals surface area contributed by atoms with Gasteiger partial charge in [-0.3, -0.25) is 0 Å². The number of nitrogens with zero attached hydrogens (tertiary/aromatic N) is 2. The van der Waals surface area contributed by atoms with Gasteiger partial charge in [-0.2, -0.15) is 4.98 Å². The van der Waals surface area contributed by atoms with Crippen molar-refractivity contribution >= 4 is 34.7 Å². The number of ether oxygens (including phenoxy) is 1. The van der Waals surface area contributed by atoms with Crippen molar-refractivity contribution in [3.8, 4) is 5.88 Å². The van der Waals surface area contributed by atoms with Crippen LogP contribution in [-0.4, -0.2) is 27.3 Å². The molecule has 0 bridgehead atoms. The number of unbranched alkanes of at least 4 members (excludes halogenated alkanes) is 8. The quantitative estimate of drug-likeness (QED) is 0.105. The van der Waals surface area contributed by atoms with E-state index < -0.39 is 0 Å². The smallest absolute Gasteiger partial charge is 0.242 e. The number of thioether (sulfide) groups is 1. The van der Waals surface area contributed by atoms with Crippen molar-refractivity contribution in [2.45, 2.75) is 110 Å². The molecule has 0 aliphatic carbocycles. The molecule has 1 unspecified atom stereocenters. The molecule has 0 radical (unpaired) electrons. The topological polar surface area (TPSA) is 47.0 Å². The van der Waals surface area contributed by atoms with E-state index in [0.29, 0.717) is 18.4 Å². The second-order valence-electron chi connectivity index (χ2n) is 7.82. The SMILES string of the molecule is CCCCCCCCC(CCCCCC)C(=S)Nc1c(OCC)ncnc1SCC. The standard InChI is InChI=1S/C24H43N3OS2/c1-5-9-11-13-14-16-18-20(17-15-12-10-6-2)23(29)27-21-22(28-7-3)25-19-26-24(21)30-8-4/h19-20H,5-18H2,1-4H3,(H,27,29). The molecule has 6 heteroatoms. The van der Waals surface area contributed by atoms with E-state index in [2.05, 4.69) is 36.1 Å². The van der Waals surface area contributed by atoms with Gasteiger partial charge in [0.2, 0.25) is 5.88 Å². The third-order valence-electron chi connectivity index (χ3n) is 5.27. The number of nitrogens with one attached hydrogen (secondary N) is 1. The van der Waals surface area contributed by atoms with Crippen molar-refractivity contribution in [2.24, 2.45) is 5.92 Å². The van der Waals surface area contributed by atoms with Crippen molar-refractivity contribution in [1.29, 1.82) is 0 Å². The molecule has 172 valence electrons. The average molecular weight is 454 g/mol. The number of hydrogen-bond acceptors (Lipinski definition) is 5. The molecule has 1 N–H and O–H groups in total. The zero-order chi connectivity index (χ0) is 22.0. The van der Waals surface area contributed by atoms with Gasteiger partial charge in [0.25, 0.3) is 0 Å². The molecule has 1 rings (SSSR count). The Morgan fingerprint density at radius 2 is 1.53 bits per heavy atom. The van der Waals surface area contributed by atoms with Gasteiger partial charge in [0, 0.05) is 5.92 Å². The Hall–Kier alpha value is -0.880. The fourth-order valence-corrected chi connectivity index (χ4v) is 4.59. The minimum atomic E-state index is 0.414. The minimum Gasteiger partial charge on any atom is -0.476 e. The first-order chi connectivity index (χ1) is 14.7. The highest BCUT2D eigenvalue weighted by Gasteiger charge is 2.19. The van der Waals surface area contributed by atoms with Crippen LogP contribution in [0.5, 0.6) is 5.88 Å². The fraction of sp³-hybridized carbons (Fsp3) is 0.792. The van der Waals surface area contributed by atoms with Gasteiger partial charge in [0.1, 0.15) is 17.0 Å². The second-order valence-corrected chi connectivity index (χ2v) is 9.51. The maximum atomic E-state index is 5.91. The van der Waals surface area contributed by atoms with E-state index in [1.165, 1.54) is 64.2 Å². The summed E-state index contributed by atoms with van der Waals surface area (Å²) in [5.74, 6) is 1.97. The molecule has 0 saturated heterocycles. The van der Waals surface area contributed by atoms with Gasteiger partial charge >= 0.3 is 0 Å². The molecule has 0 aliphatic rings. The van der Waals surface area contributed by atoms with Crippen molar-refractivity contribution in [2.75, 3.05) is 17.7 Å². The van der Waals surface area contributed by atoms with Crippen molar-refractivity contribution < 1.29 is 4.74 Å². The molecular weight excluding hydrogens is 410 g/mol. The molecule has 4 nitrogen and oxygen atoms in total. The Morgan fingerprint density at radius 1 is 0.933 bits per heavy atom. The highest BCUT2D eigenvalue weighted by atomic mass is 32.2. The van der Waals surface area contributed by atoms with Gasteiger partial charge in [-0.1, -0.05) is 97.2 Å². The van der Waals surface area contributed by atoms with Gasteiger partial charge in [0.05, 0.1) is 11.6 Å². The lowest BCUT2D eigenvalue weighted by atomic mass is 9.94. The third kappa shape index (κ3) is 10.9. The van der Waals surface area contributed by atoms with Crippen molar-refractivity contribution in [3.63, 3.8) is 0 Å². The van der Waals surface area contributed by atoms with Crippen LogP contribution >= 0.6 is 24.0 Å². The van der Waals surface area contributed by atoms with E-state index in [-0.39, 0.29) is 0 Å². The summed E-state index contributed by atoms with van der Waals surface area (Å²) in [5, 5.41) is 4.43. The zero-order valence-corrected chi connectivity index (χ0v) is 21.3. The predicted octanol–water partition coefficient (Wildman–Crippen LogP) is 8.06. The highest BCUT2D eigenvalue weighted by Crippen LogP contribution is 2.33. The molecule has 0 amide bonds. The van der Waals surface area contributed by atoms with Crippen LogP contribution < -0.4 is 10.1 Å². The summed E-state index contributed by atoms with van der Waals surface area (Å²) in [6.07, 6.45) is 16.9. The van der Waals surface area contributed by atoms with E-state index in [0.717, 1.165) is 34.3 Å². The molecule has 1 atom stereocenters. The summed E-state index contributed by atoms with van der Waals surface area (Å²) >= 11 is 7.61. The van der Waals surface area contributed by atoms with Gasteiger partial charge in [0.15, 0.2) is 0 Å². The first-order valence-electron chi connectivity index (χ1n) is 12.1. The van der Waals surface area contributed by atoms with Crippen LogP contribution in [0.1, 0.15) is 105 Å². The summed E-state index contributed by atoms with van der Waals surface area (Å²) < 4.78 is 5.77. The number of aromatic nitrogens is 2. The van der Waals surface area contributed by atoms with Crippen LogP contribution in [0, 0.1) is 5.92 Å². The Kier molecular flexibility index (Phi) is 16.1. The third-order valence-corrected chi connectivity index (χ3v) is 6.58. The molecule has 1 aromatic rings. The van der Waals surface area contributed by atoms with Crippen LogP contribution in [0.2, 0.25) is 0 Å². The van der Waals surface area contributed by atoms with Gasteiger partial charge in [-0.25, -0.2) is 4.98 Å². The Morgan fingerprint density at radius 3 is 2.13 bits per heavy atom.